The molecule has 0 aliphatic carbocycles. The van der Waals surface area contributed by atoms with Gasteiger partial charge in [0.05, 0.1) is 0 Å². The van der Waals surface area contributed by atoms with Gasteiger partial charge in [-0.05, 0) is 18.4 Å². The van der Waals surface area contributed by atoms with Gasteiger partial charge in [-0.2, -0.15) is 8.42 Å². The zero-order valence-corrected chi connectivity index (χ0v) is 10.7. The van der Waals surface area contributed by atoms with E-state index < -0.39 is 26.5 Å². The van der Waals surface area contributed by atoms with Gasteiger partial charge >= 0.3 is 0 Å². The normalized spacial score (nSPS) is 12.1. The van der Waals surface area contributed by atoms with Crippen LogP contribution >= 0.6 is 0 Å². The van der Waals surface area contributed by atoms with E-state index >= 15 is 0 Å². The predicted molar refractivity (Wildman–Crippen MR) is 61.8 cm³/mol. The molecule has 96 valence electrons. The molecule has 0 aromatic carbocycles. The van der Waals surface area contributed by atoms with Crippen LogP contribution in [-0.2, 0) is 16.7 Å². The highest BCUT2D eigenvalue weighted by Gasteiger charge is 2.23. The number of pyridine rings is 1. The van der Waals surface area contributed by atoms with E-state index in [0.717, 1.165) is 10.6 Å². The Morgan fingerprint density at radius 3 is 2.35 bits per heavy atom. The second-order valence-corrected chi connectivity index (χ2v) is 5.66. The first-order chi connectivity index (χ1) is 7.64. The van der Waals surface area contributed by atoms with Gasteiger partial charge in [-0.3, -0.25) is 13.9 Å². The van der Waals surface area contributed by atoms with E-state index in [4.69, 9.17) is 4.55 Å². The molecule has 0 saturated heterocycles. The van der Waals surface area contributed by atoms with Gasteiger partial charge in [0.25, 0.3) is 15.7 Å². The largest absolute Gasteiger partial charge is 0.493 e. The van der Waals surface area contributed by atoms with Crippen molar-refractivity contribution in [2.45, 2.75) is 32.2 Å². The van der Waals surface area contributed by atoms with Crippen molar-refractivity contribution >= 4 is 10.1 Å². The molecule has 7 heteroatoms. The molecular formula is C10H15NO5S. The molecule has 0 bridgehead atoms. The van der Waals surface area contributed by atoms with E-state index in [1.807, 2.05) is 13.8 Å². The van der Waals surface area contributed by atoms with Crippen molar-refractivity contribution in [2.24, 2.45) is 5.92 Å². The Hall–Kier alpha value is -1.34. The Labute approximate surface area is 99.3 Å². The highest BCUT2D eigenvalue weighted by atomic mass is 32.2. The Morgan fingerprint density at radius 2 is 1.94 bits per heavy atom. The van der Waals surface area contributed by atoms with Gasteiger partial charge in [0, 0.05) is 12.6 Å². The van der Waals surface area contributed by atoms with Crippen LogP contribution in [0.5, 0.6) is 5.88 Å². The average molecular weight is 261 g/mol. The molecular weight excluding hydrogens is 246 g/mol. The Bertz CT molecular complexity index is 585. The summed E-state index contributed by atoms with van der Waals surface area (Å²) in [4.78, 5) is 11.0. The van der Waals surface area contributed by atoms with Crippen molar-refractivity contribution in [3.8, 4) is 5.88 Å². The first kappa shape index (κ1) is 13.7. The smallest absolute Gasteiger partial charge is 0.300 e. The van der Waals surface area contributed by atoms with Gasteiger partial charge in [-0.15, -0.1) is 0 Å². The lowest BCUT2D eigenvalue weighted by Gasteiger charge is -2.14. The summed E-state index contributed by atoms with van der Waals surface area (Å²) in [5.41, 5.74) is -0.476. The Kier molecular flexibility index (Phi) is 3.63. The van der Waals surface area contributed by atoms with E-state index in [2.05, 4.69) is 0 Å². The molecule has 0 aliphatic rings. The number of aromatic nitrogens is 1. The third-order valence-corrected chi connectivity index (χ3v) is 3.25. The lowest BCUT2D eigenvalue weighted by atomic mass is 10.2. The second-order valence-electron chi connectivity index (χ2n) is 4.30. The maximum Gasteiger partial charge on any atom is 0.300 e. The zero-order chi connectivity index (χ0) is 13.4. The fourth-order valence-electron chi connectivity index (χ4n) is 1.59. The fraction of sp³-hybridized carbons (Fsp3) is 0.500. The van der Waals surface area contributed by atoms with Crippen molar-refractivity contribution in [1.29, 1.82) is 0 Å². The molecule has 0 amide bonds. The number of hydrogen-bond donors (Lipinski definition) is 2. The average Bonchev–Trinajstić information content (AvgIpc) is 2.08. The van der Waals surface area contributed by atoms with Gasteiger partial charge in [0.15, 0.2) is 4.90 Å². The predicted octanol–water partition coefficient (Wildman–Crippen LogP) is 0.765. The number of hydrogen-bond acceptors (Lipinski definition) is 4. The lowest BCUT2D eigenvalue weighted by molar-refractivity contribution is 0.363. The summed E-state index contributed by atoms with van der Waals surface area (Å²) < 4.78 is 32.1. The van der Waals surface area contributed by atoms with Crippen LogP contribution in [0.25, 0.3) is 0 Å². The summed E-state index contributed by atoms with van der Waals surface area (Å²) in [7, 11) is -4.55. The van der Waals surface area contributed by atoms with Crippen LogP contribution in [0.1, 0.15) is 19.4 Å². The minimum absolute atomic E-state index is 0.0232. The van der Waals surface area contributed by atoms with E-state index in [-0.39, 0.29) is 18.0 Å². The molecule has 0 unspecified atom stereocenters. The molecule has 0 saturated carbocycles. The highest BCUT2D eigenvalue weighted by Crippen LogP contribution is 2.24. The molecule has 1 aromatic rings. The van der Waals surface area contributed by atoms with Gasteiger partial charge in [-0.1, -0.05) is 13.8 Å². The van der Waals surface area contributed by atoms with E-state index in [0.29, 0.717) is 0 Å². The van der Waals surface area contributed by atoms with Crippen LogP contribution < -0.4 is 5.56 Å². The van der Waals surface area contributed by atoms with E-state index in [1.165, 1.54) is 6.92 Å². The molecule has 1 aromatic heterocycles. The van der Waals surface area contributed by atoms with Gasteiger partial charge in [0.1, 0.15) is 0 Å². The molecule has 0 spiro atoms. The van der Waals surface area contributed by atoms with Crippen LogP contribution in [0.4, 0.5) is 0 Å². The van der Waals surface area contributed by atoms with Crippen molar-refractivity contribution in [1.82, 2.24) is 4.57 Å². The van der Waals surface area contributed by atoms with Crippen molar-refractivity contribution in [2.75, 3.05) is 0 Å². The number of rotatable bonds is 3. The van der Waals surface area contributed by atoms with Crippen LogP contribution in [0.15, 0.2) is 15.8 Å². The molecule has 0 fully saturated rings. The minimum Gasteiger partial charge on any atom is -0.493 e. The van der Waals surface area contributed by atoms with Crippen LogP contribution in [0.3, 0.4) is 0 Å². The third kappa shape index (κ3) is 2.86. The second kappa shape index (κ2) is 4.50. The SMILES string of the molecule is Cc1cc(=O)n(CC(C)C)c(O)c1S(=O)(=O)O. The summed E-state index contributed by atoms with van der Waals surface area (Å²) >= 11 is 0. The minimum atomic E-state index is -4.55. The molecule has 6 nitrogen and oxygen atoms in total. The lowest BCUT2D eigenvalue weighted by Crippen LogP contribution is -2.24. The maximum absolute atomic E-state index is 11.6. The summed E-state index contributed by atoms with van der Waals surface area (Å²) in [6.07, 6.45) is 0. The standard InChI is InChI=1S/C10H15NO5S/c1-6(2)5-11-8(12)4-7(3)9(10(11)13)17(14,15)16/h4,6,13H,5H2,1-3H3,(H,14,15,16). The van der Waals surface area contributed by atoms with Gasteiger partial charge in [0.2, 0.25) is 5.88 Å². The molecule has 17 heavy (non-hydrogen) atoms. The number of aryl methyl sites for hydroxylation is 1. The monoisotopic (exact) mass is 261 g/mol. The molecule has 0 aliphatic heterocycles. The van der Waals surface area contributed by atoms with Crippen LogP contribution in [-0.4, -0.2) is 22.6 Å². The number of nitrogens with zero attached hydrogens (tertiary/aromatic N) is 1. The first-order valence-corrected chi connectivity index (χ1v) is 6.49. The third-order valence-electron chi connectivity index (χ3n) is 2.23. The van der Waals surface area contributed by atoms with Crippen LogP contribution in [0.2, 0.25) is 0 Å². The van der Waals surface area contributed by atoms with E-state index in [1.54, 1.807) is 0 Å². The fourth-order valence-corrected chi connectivity index (χ4v) is 2.40. The summed E-state index contributed by atoms with van der Waals surface area (Å²) in [5.74, 6) is -0.665. The quantitative estimate of drug-likeness (QED) is 0.783. The first-order valence-electron chi connectivity index (χ1n) is 5.05. The highest BCUT2D eigenvalue weighted by molar-refractivity contribution is 7.86. The topological polar surface area (TPSA) is 96.6 Å². The summed E-state index contributed by atoms with van der Waals surface area (Å²) in [6.45, 7) is 5.15. The maximum atomic E-state index is 11.6. The molecule has 1 rings (SSSR count). The Morgan fingerprint density at radius 1 is 1.41 bits per heavy atom. The Balaban J connectivity index is 3.61. The molecule has 0 atom stereocenters. The van der Waals surface area contributed by atoms with Crippen molar-refractivity contribution in [3.63, 3.8) is 0 Å². The summed E-state index contributed by atoms with van der Waals surface area (Å²) in [6, 6.07) is 1.07. The van der Waals surface area contributed by atoms with Crippen LogP contribution in [0, 0.1) is 12.8 Å². The van der Waals surface area contributed by atoms with Gasteiger partial charge < -0.3 is 5.11 Å². The molecule has 0 radical (unpaired) electrons. The molecule has 1 heterocycles. The van der Waals surface area contributed by atoms with E-state index in [9.17, 15) is 18.3 Å². The van der Waals surface area contributed by atoms with Crippen molar-refractivity contribution < 1.29 is 18.1 Å². The van der Waals surface area contributed by atoms with Crippen molar-refractivity contribution in [3.05, 3.63) is 22.0 Å². The van der Waals surface area contributed by atoms with Gasteiger partial charge in [-0.25, -0.2) is 0 Å². The molecule has 2 N–H and O–H groups in total. The summed E-state index contributed by atoms with van der Waals surface area (Å²) in [5, 5.41) is 9.76. The zero-order valence-electron chi connectivity index (χ0n) is 9.84. The number of aromatic hydroxyl groups is 1.